The number of thioether (sulfide) groups is 1. The summed E-state index contributed by atoms with van der Waals surface area (Å²) in [7, 11) is 1.26. The first kappa shape index (κ1) is 24.4. The summed E-state index contributed by atoms with van der Waals surface area (Å²) in [5.41, 5.74) is 0.163. The fourth-order valence-electron chi connectivity index (χ4n) is 4.94. The molecular formula is C24H25N5O5S2. The van der Waals surface area contributed by atoms with E-state index in [0.717, 1.165) is 25.7 Å². The van der Waals surface area contributed by atoms with Crippen LogP contribution in [0.3, 0.4) is 0 Å². The van der Waals surface area contributed by atoms with Crippen LogP contribution in [0.15, 0.2) is 34.1 Å². The Morgan fingerprint density at radius 1 is 1.28 bits per heavy atom. The summed E-state index contributed by atoms with van der Waals surface area (Å²) in [5, 5.41) is 2.76. The molecule has 10 nitrogen and oxygen atoms in total. The van der Waals surface area contributed by atoms with Crippen molar-refractivity contribution in [2.45, 2.75) is 44.2 Å². The number of piperazine rings is 1. The number of carbonyl (C=O) groups excluding carboxylic acids is 3. The lowest BCUT2D eigenvalue weighted by molar-refractivity contribution is -0.143. The second kappa shape index (κ2) is 10.0. The van der Waals surface area contributed by atoms with Crippen molar-refractivity contribution in [2.75, 3.05) is 25.1 Å². The third kappa shape index (κ3) is 4.39. The fraction of sp³-hybridized carbons (Fsp3) is 0.417. The molecule has 3 fully saturated rings. The zero-order chi connectivity index (χ0) is 25.4. The molecular weight excluding hydrogens is 502 g/mol. The van der Waals surface area contributed by atoms with E-state index in [9.17, 15) is 19.2 Å². The Bertz CT molecular complexity index is 1350. The lowest BCUT2D eigenvalue weighted by Crippen LogP contribution is -2.57. The maximum Gasteiger partial charge on any atom is 0.308 e. The molecule has 0 aromatic carbocycles. The van der Waals surface area contributed by atoms with E-state index in [1.165, 1.54) is 29.3 Å². The number of amides is 2. The molecule has 1 saturated carbocycles. The van der Waals surface area contributed by atoms with Gasteiger partial charge < -0.3 is 15.0 Å². The van der Waals surface area contributed by atoms with Gasteiger partial charge in [-0.25, -0.2) is 4.98 Å². The topological polar surface area (TPSA) is 113 Å². The van der Waals surface area contributed by atoms with Crippen molar-refractivity contribution < 1.29 is 19.1 Å². The third-order valence-corrected chi connectivity index (χ3v) is 8.06. The molecule has 1 aliphatic carbocycles. The number of anilines is 1. The van der Waals surface area contributed by atoms with Gasteiger partial charge in [-0.1, -0.05) is 42.9 Å². The average Bonchev–Trinajstić information content (AvgIpc) is 3.49. The van der Waals surface area contributed by atoms with Gasteiger partial charge in [-0.2, -0.15) is 0 Å². The van der Waals surface area contributed by atoms with Crippen LogP contribution in [0.1, 0.15) is 37.7 Å². The number of pyridine rings is 1. The summed E-state index contributed by atoms with van der Waals surface area (Å²) in [4.78, 5) is 60.2. The Labute approximate surface area is 216 Å². The Balaban J connectivity index is 1.63. The normalized spacial score (nSPS) is 22.1. The predicted octanol–water partition coefficient (Wildman–Crippen LogP) is 1.71. The third-order valence-electron chi connectivity index (χ3n) is 6.73. The molecule has 36 heavy (non-hydrogen) atoms. The van der Waals surface area contributed by atoms with Crippen molar-refractivity contribution in [2.24, 2.45) is 0 Å². The smallest absolute Gasteiger partial charge is 0.308 e. The first-order chi connectivity index (χ1) is 17.4. The van der Waals surface area contributed by atoms with Crippen molar-refractivity contribution in [3.05, 3.63) is 45.2 Å². The summed E-state index contributed by atoms with van der Waals surface area (Å²) < 4.78 is 6.67. The Morgan fingerprint density at radius 3 is 2.81 bits per heavy atom. The SMILES string of the molecule is COC(=O)C[C@@H]1C(=O)NCCN1c1nc2ccccn2c(=O)c1/C=C1\SC(=S)N(C2CCCC2)C1=O. The van der Waals surface area contributed by atoms with E-state index in [-0.39, 0.29) is 41.2 Å². The van der Waals surface area contributed by atoms with E-state index in [4.69, 9.17) is 21.9 Å². The molecule has 3 aliphatic rings. The van der Waals surface area contributed by atoms with Crippen molar-refractivity contribution in [1.82, 2.24) is 19.6 Å². The van der Waals surface area contributed by atoms with E-state index >= 15 is 0 Å². The van der Waals surface area contributed by atoms with Gasteiger partial charge in [0.25, 0.3) is 11.5 Å². The van der Waals surface area contributed by atoms with Gasteiger partial charge in [-0.05, 0) is 31.1 Å². The summed E-state index contributed by atoms with van der Waals surface area (Å²) >= 11 is 6.69. The van der Waals surface area contributed by atoms with Gasteiger partial charge in [0, 0.05) is 25.3 Å². The average molecular weight is 528 g/mol. The first-order valence-electron chi connectivity index (χ1n) is 11.8. The number of ether oxygens (including phenoxy) is 1. The number of thiocarbonyl (C=S) groups is 1. The predicted molar refractivity (Wildman–Crippen MR) is 140 cm³/mol. The van der Waals surface area contributed by atoms with Gasteiger partial charge in [-0.15, -0.1) is 0 Å². The highest BCUT2D eigenvalue weighted by atomic mass is 32.2. The maximum atomic E-state index is 13.7. The molecule has 0 radical (unpaired) electrons. The molecule has 0 bridgehead atoms. The van der Waals surface area contributed by atoms with Crippen LogP contribution in [0, 0.1) is 0 Å². The van der Waals surface area contributed by atoms with E-state index in [1.807, 2.05) is 0 Å². The summed E-state index contributed by atoms with van der Waals surface area (Å²) in [5.74, 6) is -0.900. The molecule has 2 aromatic rings. The molecule has 2 aliphatic heterocycles. The lowest BCUT2D eigenvalue weighted by Gasteiger charge is -2.36. The number of esters is 1. The van der Waals surface area contributed by atoms with Gasteiger partial charge >= 0.3 is 5.97 Å². The number of hydrogen-bond donors (Lipinski definition) is 1. The molecule has 1 atom stereocenters. The summed E-state index contributed by atoms with van der Waals surface area (Å²) in [6.45, 7) is 0.641. The minimum Gasteiger partial charge on any atom is -0.469 e. The molecule has 2 aromatic heterocycles. The number of nitrogens with zero attached hydrogens (tertiary/aromatic N) is 4. The van der Waals surface area contributed by atoms with Crippen molar-refractivity contribution in [1.29, 1.82) is 0 Å². The number of hydrogen-bond acceptors (Lipinski definition) is 9. The van der Waals surface area contributed by atoms with Crippen LogP contribution in [0.5, 0.6) is 0 Å². The zero-order valence-corrected chi connectivity index (χ0v) is 21.3. The zero-order valence-electron chi connectivity index (χ0n) is 19.6. The summed E-state index contributed by atoms with van der Waals surface area (Å²) in [6.07, 6.45) is 6.84. The molecule has 12 heteroatoms. The van der Waals surface area contributed by atoms with Crippen molar-refractivity contribution >= 4 is 63.6 Å². The van der Waals surface area contributed by atoms with Crippen LogP contribution in [0.2, 0.25) is 0 Å². The minimum atomic E-state index is -0.913. The highest BCUT2D eigenvalue weighted by molar-refractivity contribution is 8.26. The molecule has 1 N–H and O–H groups in total. The van der Waals surface area contributed by atoms with Crippen LogP contribution in [-0.4, -0.2) is 68.7 Å². The summed E-state index contributed by atoms with van der Waals surface area (Å²) in [6, 6.07) is 4.33. The van der Waals surface area contributed by atoms with Crippen LogP contribution in [0.4, 0.5) is 5.82 Å². The first-order valence-corrected chi connectivity index (χ1v) is 13.0. The quantitative estimate of drug-likeness (QED) is 0.353. The van der Waals surface area contributed by atoms with E-state index in [1.54, 1.807) is 34.2 Å². The molecule has 2 amide bonds. The van der Waals surface area contributed by atoms with Gasteiger partial charge in [-0.3, -0.25) is 28.5 Å². The van der Waals surface area contributed by atoms with Gasteiger partial charge in [0.15, 0.2) is 0 Å². The molecule has 0 unspecified atom stereocenters. The fourth-order valence-corrected chi connectivity index (χ4v) is 6.32. The van der Waals surface area contributed by atoms with Crippen molar-refractivity contribution in [3.8, 4) is 0 Å². The lowest BCUT2D eigenvalue weighted by atomic mass is 10.1. The van der Waals surface area contributed by atoms with Crippen LogP contribution in [0.25, 0.3) is 11.7 Å². The second-order valence-corrected chi connectivity index (χ2v) is 10.5. The minimum absolute atomic E-state index is 0.0777. The Morgan fingerprint density at radius 2 is 2.06 bits per heavy atom. The number of aromatic nitrogens is 2. The maximum absolute atomic E-state index is 13.7. The van der Waals surface area contributed by atoms with E-state index in [0.29, 0.717) is 28.0 Å². The molecule has 5 rings (SSSR count). The number of methoxy groups -OCH3 is 1. The Hall–Kier alpha value is -3.25. The number of nitrogens with one attached hydrogen (secondary N) is 1. The molecule has 0 spiro atoms. The largest absolute Gasteiger partial charge is 0.469 e. The second-order valence-electron chi connectivity index (χ2n) is 8.85. The number of rotatable bonds is 5. The van der Waals surface area contributed by atoms with Crippen LogP contribution < -0.4 is 15.8 Å². The van der Waals surface area contributed by atoms with Crippen molar-refractivity contribution in [3.63, 3.8) is 0 Å². The van der Waals surface area contributed by atoms with Crippen LogP contribution in [-0.2, 0) is 19.1 Å². The number of carbonyl (C=O) groups is 3. The molecule has 4 heterocycles. The molecule has 188 valence electrons. The van der Waals surface area contributed by atoms with Crippen LogP contribution >= 0.6 is 24.0 Å². The monoisotopic (exact) mass is 527 g/mol. The van der Waals surface area contributed by atoms with Gasteiger partial charge in [0.05, 0.1) is 24.0 Å². The van der Waals surface area contributed by atoms with Gasteiger partial charge in [0.1, 0.15) is 21.8 Å². The highest BCUT2D eigenvalue weighted by Crippen LogP contribution is 2.38. The Kier molecular flexibility index (Phi) is 6.80. The molecule has 2 saturated heterocycles. The highest BCUT2D eigenvalue weighted by Gasteiger charge is 2.39. The number of fused-ring (bicyclic) bond motifs is 1. The standard InChI is InChI=1S/C24H25N5O5S2/c1-34-19(30)13-16-21(31)25-9-11-27(16)20-15(22(32)28-10-5-4-8-18(28)26-20)12-17-23(33)29(24(35)36-17)14-6-2-3-7-14/h4-5,8,10,12,14,16H,2-3,6-7,9,11,13H2,1H3,(H,25,31)/b17-12-/t16-/m1/s1. The van der Waals surface area contributed by atoms with E-state index < -0.39 is 12.0 Å². The van der Waals surface area contributed by atoms with E-state index in [2.05, 4.69) is 5.32 Å². The van der Waals surface area contributed by atoms with Gasteiger partial charge in [0.2, 0.25) is 5.91 Å².